The van der Waals surface area contributed by atoms with Crippen molar-refractivity contribution in [1.82, 2.24) is 9.88 Å². The first-order valence-electron chi connectivity index (χ1n) is 9.99. The summed E-state index contributed by atoms with van der Waals surface area (Å²) in [4.78, 5) is 13.0. The first-order chi connectivity index (χ1) is 13.6. The summed E-state index contributed by atoms with van der Waals surface area (Å²) >= 11 is 1.62. The molecule has 1 aliphatic carbocycles. The largest absolute Gasteiger partial charge is 0.372 e. The number of aromatic nitrogens is 1. The van der Waals surface area contributed by atoms with Gasteiger partial charge in [-0.2, -0.15) is 0 Å². The van der Waals surface area contributed by atoms with E-state index in [1.807, 2.05) is 53.3 Å². The highest BCUT2D eigenvalue weighted by molar-refractivity contribution is 7.17. The van der Waals surface area contributed by atoms with Crippen LogP contribution in [0.15, 0.2) is 41.8 Å². The Kier molecular flexibility index (Phi) is 5.69. The lowest BCUT2D eigenvalue weighted by Crippen LogP contribution is -2.37. The molecule has 4 rings (SSSR count). The molecule has 3 aromatic rings. The molecular formula is C22H27N3O2S. The minimum atomic E-state index is -0.793. The number of carbonyl (C=O) groups excluding carboxylic acids is 1. The Labute approximate surface area is 169 Å². The average molecular weight is 398 g/mol. The summed E-state index contributed by atoms with van der Waals surface area (Å²) in [6, 6.07) is 12.1. The van der Waals surface area contributed by atoms with Gasteiger partial charge in [0.2, 0.25) is 0 Å². The molecule has 1 aromatic carbocycles. The Hall–Kier alpha value is -2.31. The van der Waals surface area contributed by atoms with E-state index in [9.17, 15) is 9.90 Å². The fourth-order valence-corrected chi connectivity index (χ4v) is 4.84. The first kappa shape index (κ1) is 19.0. The fourth-order valence-electron chi connectivity index (χ4n) is 4.01. The zero-order valence-electron chi connectivity index (χ0n) is 16.1. The van der Waals surface area contributed by atoms with Crippen LogP contribution in [0, 0.1) is 6.92 Å². The lowest BCUT2D eigenvalue weighted by atomic mass is 9.95. The number of fused-ring (bicyclic) bond motifs is 1. The van der Waals surface area contributed by atoms with E-state index in [2.05, 4.69) is 10.6 Å². The lowest BCUT2D eigenvalue weighted by Gasteiger charge is -2.23. The Morgan fingerprint density at radius 1 is 1.25 bits per heavy atom. The van der Waals surface area contributed by atoms with Gasteiger partial charge in [-0.1, -0.05) is 31.4 Å². The highest BCUT2D eigenvalue weighted by atomic mass is 32.1. The third kappa shape index (κ3) is 4.23. The van der Waals surface area contributed by atoms with Gasteiger partial charge in [-0.05, 0) is 55.0 Å². The highest BCUT2D eigenvalue weighted by Gasteiger charge is 2.22. The molecule has 6 heteroatoms. The van der Waals surface area contributed by atoms with Crippen molar-refractivity contribution >= 4 is 33.1 Å². The molecule has 1 amide bonds. The second kappa shape index (κ2) is 8.37. The zero-order chi connectivity index (χ0) is 19.5. The summed E-state index contributed by atoms with van der Waals surface area (Å²) in [5.74, 6) is -0.0435. The molecule has 1 fully saturated rings. The summed E-state index contributed by atoms with van der Waals surface area (Å²) in [6.07, 6.45) is 4.94. The molecule has 0 spiro atoms. The van der Waals surface area contributed by atoms with Crippen LogP contribution in [0.3, 0.4) is 0 Å². The van der Waals surface area contributed by atoms with Gasteiger partial charge >= 0.3 is 0 Å². The van der Waals surface area contributed by atoms with E-state index in [0.717, 1.165) is 34.3 Å². The molecule has 0 radical (unpaired) electrons. The number of nitrogens with one attached hydrogen (secondary N) is 2. The minimum Gasteiger partial charge on any atom is -0.372 e. The second-order valence-corrected chi connectivity index (χ2v) is 8.60. The van der Waals surface area contributed by atoms with Crippen molar-refractivity contribution < 1.29 is 9.90 Å². The smallest absolute Gasteiger partial charge is 0.268 e. The van der Waals surface area contributed by atoms with E-state index in [4.69, 9.17) is 0 Å². The topological polar surface area (TPSA) is 66.3 Å². The van der Waals surface area contributed by atoms with Crippen LogP contribution in [0.2, 0.25) is 0 Å². The SMILES string of the molecule is Cc1cccc(NC(O)Cn2c(C(=O)NC3CCCCC3)cc3sccc32)c1. The van der Waals surface area contributed by atoms with Gasteiger partial charge in [0, 0.05) is 11.7 Å². The van der Waals surface area contributed by atoms with Crippen LogP contribution in [-0.2, 0) is 6.54 Å². The number of carbonyl (C=O) groups is 1. The number of hydrogen-bond donors (Lipinski definition) is 3. The molecule has 0 aliphatic heterocycles. The van der Waals surface area contributed by atoms with Gasteiger partial charge < -0.3 is 20.3 Å². The number of hydrogen-bond acceptors (Lipinski definition) is 4. The molecule has 1 saturated carbocycles. The van der Waals surface area contributed by atoms with Crippen molar-refractivity contribution in [2.24, 2.45) is 0 Å². The van der Waals surface area contributed by atoms with E-state index >= 15 is 0 Å². The number of amides is 1. The number of aliphatic hydroxyl groups is 1. The second-order valence-electron chi connectivity index (χ2n) is 7.65. The van der Waals surface area contributed by atoms with Crippen molar-refractivity contribution in [1.29, 1.82) is 0 Å². The van der Waals surface area contributed by atoms with Crippen molar-refractivity contribution in [2.45, 2.75) is 57.8 Å². The van der Waals surface area contributed by atoms with Crippen LogP contribution in [0.5, 0.6) is 0 Å². The standard InChI is InChI=1S/C22H27N3O2S/c1-15-6-5-9-17(12-15)23-21(26)14-25-18-10-11-28-20(18)13-19(25)22(27)24-16-7-3-2-4-8-16/h5-6,9-13,16,21,23,26H,2-4,7-8,14H2,1H3,(H,24,27). The Morgan fingerprint density at radius 2 is 2.07 bits per heavy atom. The summed E-state index contributed by atoms with van der Waals surface area (Å²) in [6.45, 7) is 2.33. The number of nitrogens with zero attached hydrogens (tertiary/aromatic N) is 1. The number of rotatable bonds is 6. The van der Waals surface area contributed by atoms with Gasteiger partial charge in [-0.3, -0.25) is 4.79 Å². The molecule has 148 valence electrons. The highest BCUT2D eigenvalue weighted by Crippen LogP contribution is 2.26. The zero-order valence-corrected chi connectivity index (χ0v) is 17.0. The van der Waals surface area contributed by atoms with Crippen LogP contribution >= 0.6 is 11.3 Å². The predicted octanol–water partition coefficient (Wildman–Crippen LogP) is 4.50. The molecule has 2 aromatic heterocycles. The Bertz CT molecular complexity index is 956. The Balaban J connectivity index is 1.52. The van der Waals surface area contributed by atoms with Crippen molar-refractivity contribution in [3.05, 3.63) is 53.0 Å². The first-order valence-corrected chi connectivity index (χ1v) is 10.9. The van der Waals surface area contributed by atoms with Crippen LogP contribution in [0.4, 0.5) is 5.69 Å². The van der Waals surface area contributed by atoms with Gasteiger partial charge in [0.05, 0.1) is 16.8 Å². The monoisotopic (exact) mass is 397 g/mol. The molecule has 28 heavy (non-hydrogen) atoms. The number of thiophene rings is 1. The van der Waals surface area contributed by atoms with E-state index in [1.54, 1.807) is 11.3 Å². The number of benzene rings is 1. The van der Waals surface area contributed by atoms with Crippen molar-refractivity contribution in [3.63, 3.8) is 0 Å². The van der Waals surface area contributed by atoms with Gasteiger partial charge in [0.15, 0.2) is 0 Å². The van der Waals surface area contributed by atoms with Crippen LogP contribution in [0.1, 0.15) is 48.2 Å². The molecule has 1 unspecified atom stereocenters. The molecular weight excluding hydrogens is 370 g/mol. The van der Waals surface area contributed by atoms with E-state index in [-0.39, 0.29) is 11.9 Å². The lowest BCUT2D eigenvalue weighted by molar-refractivity contribution is 0.0915. The minimum absolute atomic E-state index is 0.0435. The van der Waals surface area contributed by atoms with Crippen molar-refractivity contribution in [2.75, 3.05) is 5.32 Å². The average Bonchev–Trinajstić information content (AvgIpc) is 3.25. The van der Waals surface area contributed by atoms with Gasteiger partial charge in [-0.25, -0.2) is 0 Å². The van der Waals surface area contributed by atoms with Crippen LogP contribution < -0.4 is 10.6 Å². The molecule has 3 N–H and O–H groups in total. The van der Waals surface area contributed by atoms with E-state index < -0.39 is 6.23 Å². The molecule has 0 bridgehead atoms. The fraction of sp³-hybridized carbons (Fsp3) is 0.409. The summed E-state index contributed by atoms with van der Waals surface area (Å²) in [5, 5.41) is 19.0. The maximum Gasteiger partial charge on any atom is 0.268 e. The maximum atomic E-state index is 13.0. The normalized spacial score (nSPS) is 16.2. The Morgan fingerprint density at radius 3 is 2.86 bits per heavy atom. The third-order valence-electron chi connectivity index (χ3n) is 5.40. The molecule has 2 heterocycles. The van der Waals surface area contributed by atoms with Gasteiger partial charge in [0.25, 0.3) is 5.91 Å². The quantitative estimate of drug-likeness (QED) is 0.537. The van der Waals surface area contributed by atoms with Gasteiger partial charge in [0.1, 0.15) is 11.9 Å². The number of aryl methyl sites for hydroxylation is 1. The van der Waals surface area contributed by atoms with Crippen molar-refractivity contribution in [3.8, 4) is 0 Å². The van der Waals surface area contributed by atoms with E-state index in [1.165, 1.54) is 19.3 Å². The summed E-state index contributed by atoms with van der Waals surface area (Å²) < 4.78 is 2.99. The molecule has 5 nitrogen and oxygen atoms in total. The van der Waals surface area contributed by atoms with Gasteiger partial charge in [-0.15, -0.1) is 11.3 Å². The third-order valence-corrected chi connectivity index (χ3v) is 6.26. The van der Waals surface area contributed by atoms with Crippen LogP contribution in [0.25, 0.3) is 10.2 Å². The van der Waals surface area contributed by atoms with Crippen LogP contribution in [-0.4, -0.2) is 27.9 Å². The summed E-state index contributed by atoms with van der Waals surface area (Å²) in [5.41, 5.74) is 3.61. The molecule has 1 atom stereocenters. The molecule has 1 aliphatic rings. The maximum absolute atomic E-state index is 13.0. The number of anilines is 1. The predicted molar refractivity (Wildman–Crippen MR) is 115 cm³/mol. The summed E-state index contributed by atoms with van der Waals surface area (Å²) in [7, 11) is 0. The number of aliphatic hydroxyl groups excluding tert-OH is 1. The molecule has 0 saturated heterocycles. The van der Waals surface area contributed by atoms with E-state index in [0.29, 0.717) is 12.2 Å².